The highest BCUT2D eigenvalue weighted by Crippen LogP contribution is 2.73. The first-order valence-corrected chi connectivity index (χ1v) is 61.4. The standard InChI is InChI=1S/C34H54N2O2.C34H52N2O2.C33H54N2O.C30H51N3O2/c2*1-21(2)7-6-8-22(3)29-11-12-30-28-10-9-24-19-27(38-32(37)23-17-25(35)20-26(36)18-23)13-15-33(24,4)31(28)14-16-34(29,30)5;1-21(2)7-6-8-22(3)27-12-13-28-26-11-9-23-19-25(36-31-14-10-24(34)20-30(31)35)15-17-32(23,4)29(26)16-18-33(27,28)5;1-2-3-4-5-6-7-8-9-10-11-12-13-14-15-16-17-18-19-20-25-21-29(34)33(30(25)35)28-23-26(31)22-27(32)24-28/h17-18,20-22,24,27-31H,6-16,19,35-36H2,1-5H3;9,17-18,20-22,27-31H,6-8,10-16,19,35-36H2,1-5H3;10,14,20-23,25-29H,6-9,11-13,15-19,34-35H2,1-5H3;22-25H,2-21,31-32H2,1H3. The molecule has 17 rings (SSSR count). The number of carbonyl (C=O) groups excluding carboxylic acids is 4. The SMILES string of the molecule is CC(C)CCCC(C)C1CCC2C3CC=C4CC(OC(=O)c5cc(N)cc(N)c5)CCC4(C)C3CCC12C.CC(C)CCCC(C)C1CCC2C3CCC4CC(OC(=O)c5cc(N)cc(N)c5)CCC4(C)C3CCC12C.CC(C)CCCC(C)C1CCC2C3CCC4CC(Oc5ccc(N)cc5N)CCC4(C)C3CCC12C.CCCCCCCCCCCCCCCCCCCCC1CC(=O)N(c2cc(N)cc(N)c2)C1=O. The third-order valence-electron chi connectivity index (χ3n) is 43.6. The molecule has 12 aliphatic carbocycles. The van der Waals surface area contributed by atoms with Gasteiger partial charge in [0.05, 0.1) is 28.6 Å². The van der Waals surface area contributed by atoms with Gasteiger partial charge < -0.3 is 60.1 Å². The fourth-order valence-corrected chi connectivity index (χ4v) is 35.6. The normalized spacial score (nSPS) is 33.5. The maximum absolute atomic E-state index is 12.9. The fraction of sp³-hybridized carbons (Fsp3) is 0.771. The van der Waals surface area contributed by atoms with Crippen LogP contribution >= 0.6 is 0 Å². The molecule has 0 spiro atoms. The van der Waals surface area contributed by atoms with Crippen molar-refractivity contribution in [3.05, 3.63) is 95.6 Å². The molecule has 0 radical (unpaired) electrons. The fourth-order valence-electron chi connectivity index (χ4n) is 35.6. The highest BCUT2D eigenvalue weighted by molar-refractivity contribution is 6.21. The molecule has 12 fully saturated rings. The second kappa shape index (κ2) is 51.8. The van der Waals surface area contributed by atoms with Crippen LogP contribution in [0.1, 0.15) is 485 Å². The van der Waals surface area contributed by atoms with Crippen LogP contribution in [-0.4, -0.2) is 42.1 Å². The summed E-state index contributed by atoms with van der Waals surface area (Å²) in [6.45, 7) is 40.1. The number of carbonyl (C=O) groups is 4. The first kappa shape index (κ1) is 115. The van der Waals surface area contributed by atoms with Gasteiger partial charge in [0.1, 0.15) is 18.0 Å². The number of ether oxygens (including phenoxy) is 3. The third kappa shape index (κ3) is 27.8. The van der Waals surface area contributed by atoms with Crippen molar-refractivity contribution in [1.29, 1.82) is 0 Å². The summed E-state index contributed by atoms with van der Waals surface area (Å²) in [5.41, 5.74) is 57.5. The quantitative estimate of drug-likeness (QED) is 0.00673. The number of fused-ring (bicyclic) bond motifs is 15. The molecule has 1 heterocycles. The van der Waals surface area contributed by atoms with Crippen molar-refractivity contribution < 1.29 is 33.4 Å². The van der Waals surface area contributed by atoms with E-state index in [9.17, 15) is 19.2 Å². The molecule has 147 heavy (non-hydrogen) atoms. The van der Waals surface area contributed by atoms with Gasteiger partial charge in [-0.1, -0.05) is 296 Å². The molecule has 4 aromatic carbocycles. The Labute approximate surface area is 893 Å². The largest absolute Gasteiger partial charge is 0.488 e. The molecule has 1 aliphatic heterocycles. The van der Waals surface area contributed by atoms with E-state index in [2.05, 4.69) is 117 Å². The van der Waals surface area contributed by atoms with Gasteiger partial charge in [0.15, 0.2) is 0 Å². The molecule has 27 atom stereocenters. The summed E-state index contributed by atoms with van der Waals surface area (Å²) in [7, 11) is 0. The van der Waals surface area contributed by atoms with Crippen LogP contribution in [0.15, 0.2) is 84.4 Å². The maximum atomic E-state index is 12.9. The number of unbranched alkanes of at least 4 members (excludes halogenated alkanes) is 17. The molecule has 4 aromatic rings. The van der Waals surface area contributed by atoms with E-state index >= 15 is 0 Å². The van der Waals surface area contributed by atoms with Crippen LogP contribution in [0.5, 0.6) is 5.75 Å². The average Bonchev–Trinajstić information content (AvgIpc) is 1.66. The summed E-state index contributed by atoms with van der Waals surface area (Å²) < 4.78 is 18.5. The number of hydrogen-bond acceptors (Lipinski definition) is 15. The lowest BCUT2D eigenvalue weighted by molar-refractivity contribution is -0.130. The van der Waals surface area contributed by atoms with Crippen LogP contribution in [0.4, 0.5) is 51.2 Å². The Morgan fingerprint density at radius 3 is 1.16 bits per heavy atom. The van der Waals surface area contributed by atoms with Crippen molar-refractivity contribution in [2.75, 3.05) is 50.8 Å². The predicted octanol–water partition coefficient (Wildman–Crippen LogP) is 33.8. The Hall–Kier alpha value is -7.10. The van der Waals surface area contributed by atoms with E-state index in [0.29, 0.717) is 108 Å². The zero-order valence-electron chi connectivity index (χ0n) is 95.7. The first-order chi connectivity index (χ1) is 70.2. The van der Waals surface area contributed by atoms with Crippen molar-refractivity contribution in [3.8, 4) is 5.75 Å². The number of nitrogen functional groups attached to an aromatic ring is 8. The van der Waals surface area contributed by atoms with E-state index in [1.165, 1.54) is 294 Å². The van der Waals surface area contributed by atoms with Crippen molar-refractivity contribution in [1.82, 2.24) is 0 Å². The van der Waals surface area contributed by atoms with Crippen molar-refractivity contribution in [3.63, 3.8) is 0 Å². The summed E-state index contributed by atoms with van der Waals surface area (Å²) in [5.74, 6) is 17.1. The summed E-state index contributed by atoms with van der Waals surface area (Å²) in [5, 5.41) is 0. The van der Waals surface area contributed by atoms with Crippen LogP contribution < -0.4 is 55.5 Å². The van der Waals surface area contributed by atoms with E-state index in [4.69, 9.17) is 60.1 Å². The first-order valence-electron chi connectivity index (χ1n) is 61.4. The summed E-state index contributed by atoms with van der Waals surface area (Å²) in [6.07, 6.45) is 74.7. The minimum atomic E-state index is -0.306. The van der Waals surface area contributed by atoms with E-state index in [1.54, 1.807) is 60.2 Å². The summed E-state index contributed by atoms with van der Waals surface area (Å²) >= 11 is 0. The van der Waals surface area contributed by atoms with Gasteiger partial charge >= 0.3 is 11.9 Å². The van der Waals surface area contributed by atoms with Crippen LogP contribution in [0.3, 0.4) is 0 Å². The zero-order valence-corrected chi connectivity index (χ0v) is 95.7. The van der Waals surface area contributed by atoms with Crippen LogP contribution in [0.2, 0.25) is 0 Å². The van der Waals surface area contributed by atoms with Crippen molar-refractivity contribution in [2.24, 2.45) is 157 Å². The molecule has 16 N–H and O–H groups in total. The highest BCUT2D eigenvalue weighted by Gasteiger charge is 2.65. The average molecular weight is 2020 g/mol. The lowest BCUT2D eigenvalue weighted by Crippen LogP contribution is -2.54. The molecule has 2 amide bonds. The summed E-state index contributed by atoms with van der Waals surface area (Å²) in [6, 6.07) is 20.6. The number of allylic oxidation sites excluding steroid dienone is 1. The number of amides is 2. The number of nitrogens with zero attached hydrogens (tertiary/aromatic N) is 1. The van der Waals surface area contributed by atoms with Gasteiger partial charge in [-0.05, 0) is 391 Å². The minimum Gasteiger partial charge on any atom is -0.488 e. The Kier molecular flexibility index (Phi) is 40.7. The van der Waals surface area contributed by atoms with Crippen molar-refractivity contribution >= 4 is 74.9 Å². The maximum Gasteiger partial charge on any atom is 0.338 e. The minimum absolute atomic E-state index is 0.0104. The monoisotopic (exact) mass is 2020 g/mol. The second-order valence-corrected chi connectivity index (χ2v) is 54.4. The lowest BCUT2D eigenvalue weighted by atomic mass is 9.44. The Balaban J connectivity index is 0.000000155. The van der Waals surface area contributed by atoms with Gasteiger partial charge in [-0.15, -0.1) is 0 Å². The molecule has 27 unspecified atom stereocenters. The predicted molar refractivity (Wildman–Crippen MR) is 617 cm³/mol. The molecule has 822 valence electrons. The molecular weight excluding hydrogens is 1810 g/mol. The lowest BCUT2D eigenvalue weighted by Gasteiger charge is -2.61. The molecule has 11 saturated carbocycles. The third-order valence-corrected chi connectivity index (χ3v) is 43.6. The molecule has 16 nitrogen and oxygen atoms in total. The summed E-state index contributed by atoms with van der Waals surface area (Å²) in [4.78, 5) is 52.3. The number of imide groups is 1. The smallest absolute Gasteiger partial charge is 0.338 e. The van der Waals surface area contributed by atoms with Gasteiger partial charge in [0.25, 0.3) is 0 Å². The van der Waals surface area contributed by atoms with Crippen LogP contribution in [0, 0.1) is 157 Å². The zero-order chi connectivity index (χ0) is 105. The van der Waals surface area contributed by atoms with Crippen LogP contribution in [-0.2, 0) is 19.1 Å². The number of rotatable bonds is 41. The number of anilines is 9. The Bertz CT molecular complexity index is 4870. The Morgan fingerprint density at radius 1 is 0.361 bits per heavy atom. The molecule has 0 aromatic heterocycles. The second-order valence-electron chi connectivity index (χ2n) is 54.4. The van der Waals surface area contributed by atoms with E-state index in [0.717, 1.165) is 176 Å². The van der Waals surface area contributed by atoms with E-state index in [-0.39, 0.29) is 47.3 Å². The van der Waals surface area contributed by atoms with Crippen molar-refractivity contribution in [2.45, 2.75) is 482 Å². The molecule has 13 aliphatic rings. The number of nitrogens with two attached hydrogens (primary N) is 8. The van der Waals surface area contributed by atoms with Gasteiger partial charge in [-0.2, -0.15) is 0 Å². The number of benzene rings is 4. The highest BCUT2D eigenvalue weighted by atomic mass is 16.5. The van der Waals surface area contributed by atoms with Gasteiger partial charge in [0, 0.05) is 58.6 Å². The molecular formula is C131H211N9O7. The number of esters is 2. The van der Waals surface area contributed by atoms with Gasteiger partial charge in [-0.3, -0.25) is 14.5 Å². The Morgan fingerprint density at radius 2 is 0.735 bits per heavy atom. The molecule has 0 bridgehead atoms. The molecule has 16 heteroatoms. The van der Waals surface area contributed by atoms with Gasteiger partial charge in [-0.25, -0.2) is 9.59 Å². The topological polar surface area (TPSA) is 307 Å². The molecule has 1 saturated heterocycles. The van der Waals surface area contributed by atoms with E-state index in [1.807, 2.05) is 18.2 Å². The van der Waals surface area contributed by atoms with Gasteiger partial charge in [0.2, 0.25) is 11.8 Å². The number of hydrogen-bond donors (Lipinski definition) is 8. The van der Waals surface area contributed by atoms with Crippen LogP contribution in [0.25, 0.3) is 0 Å². The van der Waals surface area contributed by atoms with E-state index < -0.39 is 0 Å².